The van der Waals surface area contributed by atoms with Crippen LogP contribution in [0.25, 0.3) is 6.08 Å². The second-order valence-corrected chi connectivity index (χ2v) is 8.56. The van der Waals surface area contributed by atoms with Crippen LogP contribution < -0.4 is 15.0 Å². The van der Waals surface area contributed by atoms with Crippen molar-refractivity contribution in [1.82, 2.24) is 5.32 Å². The first-order valence-electron chi connectivity index (χ1n) is 10.4. The molecule has 0 spiro atoms. The number of anilines is 1. The van der Waals surface area contributed by atoms with Gasteiger partial charge in [-0.1, -0.05) is 30.3 Å². The summed E-state index contributed by atoms with van der Waals surface area (Å²) in [5.74, 6) is -1.05. The molecule has 4 amide bonds. The Labute approximate surface area is 208 Å². The fourth-order valence-corrected chi connectivity index (χ4v) is 3.98. The Morgan fingerprint density at radius 3 is 2.54 bits per heavy atom. The summed E-state index contributed by atoms with van der Waals surface area (Å²) in [4.78, 5) is 49.2. The number of carbonyl (C=O) groups is 3. The monoisotopic (exact) mass is 535 g/mol. The highest BCUT2D eigenvalue weighted by atomic mass is 79.9. The minimum atomic E-state index is -0.811. The van der Waals surface area contributed by atoms with Crippen LogP contribution in [0.3, 0.4) is 0 Å². The quantitative estimate of drug-likeness (QED) is 0.207. The van der Waals surface area contributed by atoms with Gasteiger partial charge in [0.25, 0.3) is 17.5 Å². The minimum Gasteiger partial charge on any atom is -0.488 e. The maximum absolute atomic E-state index is 13.0. The fourth-order valence-electron chi connectivity index (χ4n) is 3.47. The zero-order valence-electron chi connectivity index (χ0n) is 18.4. The Bertz CT molecular complexity index is 1400. The Morgan fingerprint density at radius 1 is 1.06 bits per heavy atom. The minimum absolute atomic E-state index is 0.0271. The predicted octanol–water partition coefficient (Wildman–Crippen LogP) is 4.91. The number of rotatable bonds is 6. The molecular formula is C25H18BrN3O6. The molecule has 1 saturated heterocycles. The van der Waals surface area contributed by atoms with Crippen molar-refractivity contribution in [3.63, 3.8) is 0 Å². The van der Waals surface area contributed by atoms with Crippen LogP contribution in [-0.4, -0.2) is 22.8 Å². The first-order chi connectivity index (χ1) is 16.7. The van der Waals surface area contributed by atoms with Crippen molar-refractivity contribution in [2.24, 2.45) is 0 Å². The first kappa shape index (κ1) is 23.8. The van der Waals surface area contributed by atoms with Gasteiger partial charge < -0.3 is 4.74 Å². The maximum Gasteiger partial charge on any atom is 0.335 e. The molecule has 4 rings (SSSR count). The molecule has 10 heteroatoms. The molecule has 0 unspecified atom stereocenters. The number of non-ortho nitro benzene ring substituents is 1. The molecule has 9 nitrogen and oxygen atoms in total. The van der Waals surface area contributed by atoms with Gasteiger partial charge in [0.05, 0.1) is 15.1 Å². The number of nitro benzene ring substituents is 1. The number of benzene rings is 3. The molecule has 0 bridgehead atoms. The van der Waals surface area contributed by atoms with Gasteiger partial charge in [-0.2, -0.15) is 0 Å². The topological polar surface area (TPSA) is 119 Å². The molecule has 1 N–H and O–H groups in total. The molecule has 35 heavy (non-hydrogen) atoms. The highest BCUT2D eigenvalue weighted by molar-refractivity contribution is 9.10. The largest absolute Gasteiger partial charge is 0.488 e. The van der Waals surface area contributed by atoms with Crippen LogP contribution in [0.15, 0.2) is 76.8 Å². The molecule has 0 atom stereocenters. The summed E-state index contributed by atoms with van der Waals surface area (Å²) in [5, 5.41) is 13.1. The zero-order chi connectivity index (χ0) is 25.1. The number of hydrogen-bond donors (Lipinski definition) is 1. The number of aryl methyl sites for hydroxylation is 1. The third-order valence-corrected chi connectivity index (χ3v) is 5.76. The number of carbonyl (C=O) groups excluding carboxylic acids is 3. The van der Waals surface area contributed by atoms with Crippen LogP contribution in [0.2, 0.25) is 0 Å². The highest BCUT2D eigenvalue weighted by Crippen LogP contribution is 2.29. The van der Waals surface area contributed by atoms with E-state index in [0.717, 1.165) is 10.5 Å². The number of nitro groups is 1. The summed E-state index contributed by atoms with van der Waals surface area (Å²) in [7, 11) is 0. The molecule has 3 aromatic rings. The van der Waals surface area contributed by atoms with Gasteiger partial charge in [-0.05, 0) is 69.9 Å². The SMILES string of the molecule is Cc1cccc(N2C(=O)NC(=O)/C(=C\c3ccc(OCc4cccc([N+](=O)[O-])c4)c(Br)c3)C2=O)c1. The molecule has 0 aromatic heterocycles. The molecule has 1 fully saturated rings. The molecule has 0 radical (unpaired) electrons. The van der Waals surface area contributed by atoms with Gasteiger partial charge in [0, 0.05) is 12.1 Å². The van der Waals surface area contributed by atoms with Gasteiger partial charge in [-0.3, -0.25) is 25.0 Å². The van der Waals surface area contributed by atoms with E-state index in [1.165, 1.54) is 18.2 Å². The fraction of sp³-hybridized carbons (Fsp3) is 0.0800. The van der Waals surface area contributed by atoms with Crippen molar-refractivity contribution >= 4 is 51.2 Å². The van der Waals surface area contributed by atoms with Crippen LogP contribution >= 0.6 is 15.9 Å². The van der Waals surface area contributed by atoms with Gasteiger partial charge in [0.2, 0.25) is 0 Å². The lowest BCUT2D eigenvalue weighted by Gasteiger charge is -2.26. The van der Waals surface area contributed by atoms with Crippen molar-refractivity contribution in [2.45, 2.75) is 13.5 Å². The van der Waals surface area contributed by atoms with E-state index >= 15 is 0 Å². The van der Waals surface area contributed by atoms with Gasteiger partial charge >= 0.3 is 6.03 Å². The number of barbiturate groups is 1. The summed E-state index contributed by atoms with van der Waals surface area (Å²) >= 11 is 3.41. The lowest BCUT2D eigenvalue weighted by atomic mass is 10.1. The predicted molar refractivity (Wildman–Crippen MR) is 132 cm³/mol. The molecule has 1 aliphatic heterocycles. The van der Waals surface area contributed by atoms with Crippen LogP contribution in [0.1, 0.15) is 16.7 Å². The standard InChI is InChI=1S/C25H18BrN3O6/c1-15-4-2-6-18(10-15)28-24(31)20(23(30)27-25(28)32)12-16-8-9-22(21(26)13-16)35-14-17-5-3-7-19(11-17)29(33)34/h2-13H,14H2,1H3,(H,27,30,32)/b20-12+. The van der Waals surface area contributed by atoms with Crippen LogP contribution in [0.5, 0.6) is 5.75 Å². The Balaban J connectivity index is 1.55. The van der Waals surface area contributed by atoms with E-state index in [2.05, 4.69) is 21.2 Å². The summed E-state index contributed by atoms with van der Waals surface area (Å²) in [6.45, 7) is 1.94. The normalized spacial score (nSPS) is 14.7. The first-order valence-corrected chi connectivity index (χ1v) is 11.2. The second-order valence-electron chi connectivity index (χ2n) is 7.70. The van der Waals surface area contributed by atoms with E-state index in [4.69, 9.17) is 4.74 Å². The van der Waals surface area contributed by atoms with E-state index in [0.29, 0.717) is 27.0 Å². The Hall–Kier alpha value is -4.31. The average Bonchev–Trinajstić information content (AvgIpc) is 2.81. The van der Waals surface area contributed by atoms with Crippen LogP contribution in [0.4, 0.5) is 16.2 Å². The smallest absolute Gasteiger partial charge is 0.335 e. The third kappa shape index (κ3) is 5.28. The Kier molecular flexibility index (Phi) is 6.74. The number of halogens is 1. The maximum atomic E-state index is 13.0. The van der Waals surface area contributed by atoms with Crippen molar-refractivity contribution in [3.8, 4) is 5.75 Å². The van der Waals surface area contributed by atoms with E-state index in [9.17, 15) is 24.5 Å². The van der Waals surface area contributed by atoms with Gasteiger partial charge in [-0.25, -0.2) is 9.69 Å². The molecule has 1 heterocycles. The van der Waals surface area contributed by atoms with Crippen molar-refractivity contribution in [2.75, 3.05) is 4.90 Å². The lowest BCUT2D eigenvalue weighted by molar-refractivity contribution is -0.384. The summed E-state index contributed by atoms with van der Waals surface area (Å²) in [6.07, 6.45) is 1.39. The molecule has 1 aliphatic rings. The molecule has 3 aromatic carbocycles. The van der Waals surface area contributed by atoms with E-state index in [1.54, 1.807) is 48.5 Å². The van der Waals surface area contributed by atoms with Crippen molar-refractivity contribution in [1.29, 1.82) is 0 Å². The van der Waals surface area contributed by atoms with E-state index in [1.807, 2.05) is 13.0 Å². The number of imide groups is 2. The molecule has 0 aliphatic carbocycles. The van der Waals surface area contributed by atoms with E-state index in [-0.39, 0.29) is 17.9 Å². The number of nitrogens with zero attached hydrogens (tertiary/aromatic N) is 2. The summed E-state index contributed by atoms with van der Waals surface area (Å²) < 4.78 is 6.30. The number of ether oxygens (including phenoxy) is 1. The zero-order valence-corrected chi connectivity index (χ0v) is 19.9. The molecule has 176 valence electrons. The van der Waals surface area contributed by atoms with Gasteiger partial charge in [0.15, 0.2) is 0 Å². The number of nitrogens with one attached hydrogen (secondary N) is 1. The number of hydrogen-bond acceptors (Lipinski definition) is 6. The van der Waals surface area contributed by atoms with Gasteiger partial charge in [0.1, 0.15) is 17.9 Å². The highest BCUT2D eigenvalue weighted by Gasteiger charge is 2.36. The second kappa shape index (κ2) is 9.90. The third-order valence-electron chi connectivity index (χ3n) is 5.14. The average molecular weight is 536 g/mol. The number of amides is 4. The number of urea groups is 1. The Morgan fingerprint density at radius 2 is 1.83 bits per heavy atom. The van der Waals surface area contributed by atoms with Crippen molar-refractivity contribution in [3.05, 3.63) is 104 Å². The van der Waals surface area contributed by atoms with Crippen LogP contribution in [0, 0.1) is 17.0 Å². The van der Waals surface area contributed by atoms with E-state index < -0.39 is 22.8 Å². The summed E-state index contributed by atoms with van der Waals surface area (Å²) in [6, 6.07) is 17.1. The lowest BCUT2D eigenvalue weighted by Crippen LogP contribution is -2.54. The van der Waals surface area contributed by atoms with Gasteiger partial charge in [-0.15, -0.1) is 0 Å². The molecular weight excluding hydrogens is 518 g/mol. The van der Waals surface area contributed by atoms with Crippen LogP contribution in [-0.2, 0) is 16.2 Å². The van der Waals surface area contributed by atoms with Crippen molar-refractivity contribution < 1.29 is 24.0 Å². The molecule has 0 saturated carbocycles. The summed E-state index contributed by atoms with van der Waals surface area (Å²) in [5.41, 5.74) is 2.15.